The van der Waals surface area contributed by atoms with Crippen LogP contribution in [0.4, 0.5) is 12.9 Å². The van der Waals surface area contributed by atoms with Crippen molar-refractivity contribution in [2.45, 2.75) is 26.4 Å². The molecule has 0 aliphatic heterocycles. The van der Waals surface area contributed by atoms with Crippen LogP contribution in [0, 0.1) is 0 Å². The van der Waals surface area contributed by atoms with Crippen LogP contribution in [-0.4, -0.2) is 13.1 Å². The summed E-state index contributed by atoms with van der Waals surface area (Å²) in [5.74, 6) is 0.279. The van der Waals surface area contributed by atoms with Gasteiger partial charge in [-0.05, 0) is 25.5 Å². The van der Waals surface area contributed by atoms with Crippen molar-refractivity contribution in [2.75, 3.05) is 0 Å². The second-order valence-electron chi connectivity index (χ2n) is 3.48. The van der Waals surface area contributed by atoms with E-state index in [1.807, 2.05) is 13.8 Å². The fourth-order valence-corrected chi connectivity index (χ4v) is 1.11. The first-order chi connectivity index (χ1) is 6.93. The van der Waals surface area contributed by atoms with Gasteiger partial charge in [0.1, 0.15) is 5.75 Å². The third kappa shape index (κ3) is 5.23. The molecule has 84 valence electrons. The van der Waals surface area contributed by atoms with E-state index in [0.29, 0.717) is 0 Å². The van der Waals surface area contributed by atoms with Crippen molar-refractivity contribution in [3.05, 3.63) is 24.3 Å². The first kappa shape index (κ1) is 16.5. The Balaban J connectivity index is 0.00000225. The topological polar surface area (TPSA) is 9.23 Å². The van der Waals surface area contributed by atoms with Gasteiger partial charge in [0.2, 0.25) is 0 Å². The SMILES string of the molecule is CCC(C)Oc1cccc([B-](F)(F)F)c1.[K+]. The van der Waals surface area contributed by atoms with Crippen molar-refractivity contribution in [1.82, 2.24) is 0 Å². The maximum Gasteiger partial charge on any atom is 1.00 e. The smallest absolute Gasteiger partial charge is 0.491 e. The van der Waals surface area contributed by atoms with E-state index in [2.05, 4.69) is 0 Å². The molecule has 1 atom stereocenters. The average Bonchev–Trinajstić information content (AvgIpc) is 2.17. The third-order valence-electron chi connectivity index (χ3n) is 2.15. The van der Waals surface area contributed by atoms with Gasteiger partial charge in [-0.15, -0.1) is 5.46 Å². The van der Waals surface area contributed by atoms with Gasteiger partial charge in [0.05, 0.1) is 6.10 Å². The van der Waals surface area contributed by atoms with Crippen molar-refractivity contribution < 1.29 is 69.1 Å². The molecule has 0 amide bonds. The number of hydrogen-bond acceptors (Lipinski definition) is 1. The van der Waals surface area contributed by atoms with Gasteiger partial charge in [-0.25, -0.2) is 0 Å². The standard InChI is InChI=1S/C10H13BF3O.K/c1-3-8(2)15-10-6-4-5-9(7-10)11(12,13)14;/h4-8H,3H2,1-2H3;/q-1;+1. The molecule has 0 bridgehead atoms. The molecule has 1 nitrogen and oxygen atoms in total. The minimum absolute atomic E-state index is 0. The Morgan fingerprint density at radius 1 is 1.31 bits per heavy atom. The van der Waals surface area contributed by atoms with E-state index < -0.39 is 12.4 Å². The summed E-state index contributed by atoms with van der Waals surface area (Å²) in [6.07, 6.45) is 0.697. The largest absolute Gasteiger partial charge is 1.00 e. The molecule has 1 aromatic carbocycles. The second kappa shape index (κ2) is 7.06. The molecule has 1 unspecified atom stereocenters. The van der Waals surface area contributed by atoms with Crippen LogP contribution in [0.3, 0.4) is 0 Å². The van der Waals surface area contributed by atoms with Gasteiger partial charge >= 0.3 is 58.4 Å². The summed E-state index contributed by atoms with van der Waals surface area (Å²) in [6, 6.07) is 5.01. The monoisotopic (exact) mass is 256 g/mol. The summed E-state index contributed by atoms with van der Waals surface area (Å²) < 4.78 is 42.5. The maximum atomic E-state index is 12.4. The number of rotatable bonds is 4. The van der Waals surface area contributed by atoms with E-state index in [-0.39, 0.29) is 63.2 Å². The second-order valence-corrected chi connectivity index (χ2v) is 3.48. The minimum Gasteiger partial charge on any atom is -0.491 e. The Morgan fingerprint density at radius 2 is 1.94 bits per heavy atom. The van der Waals surface area contributed by atoms with Gasteiger partial charge in [0, 0.05) is 0 Å². The van der Waals surface area contributed by atoms with Crippen LogP contribution < -0.4 is 61.6 Å². The van der Waals surface area contributed by atoms with E-state index in [9.17, 15) is 12.9 Å². The van der Waals surface area contributed by atoms with Crippen molar-refractivity contribution in [3.63, 3.8) is 0 Å². The van der Waals surface area contributed by atoms with Gasteiger partial charge in [-0.1, -0.05) is 19.1 Å². The molecule has 0 spiro atoms. The molecule has 0 aliphatic carbocycles. The Kier molecular flexibility index (Phi) is 7.28. The minimum atomic E-state index is -4.94. The summed E-state index contributed by atoms with van der Waals surface area (Å²) in [7, 11) is 0. The van der Waals surface area contributed by atoms with E-state index in [4.69, 9.17) is 4.74 Å². The predicted molar refractivity (Wildman–Crippen MR) is 55.5 cm³/mol. The van der Waals surface area contributed by atoms with E-state index in [1.54, 1.807) is 0 Å². The van der Waals surface area contributed by atoms with Crippen LogP contribution in [0.5, 0.6) is 5.75 Å². The first-order valence-corrected chi connectivity index (χ1v) is 4.90. The van der Waals surface area contributed by atoms with Crippen molar-refractivity contribution >= 4 is 12.4 Å². The van der Waals surface area contributed by atoms with Crippen LogP contribution in [0.2, 0.25) is 0 Å². The fourth-order valence-electron chi connectivity index (χ4n) is 1.11. The summed E-state index contributed by atoms with van der Waals surface area (Å²) in [6.45, 7) is -1.19. The average molecular weight is 256 g/mol. The first-order valence-electron chi connectivity index (χ1n) is 4.90. The van der Waals surface area contributed by atoms with Crippen LogP contribution in [0.15, 0.2) is 24.3 Å². The van der Waals surface area contributed by atoms with Crippen LogP contribution >= 0.6 is 0 Å². The zero-order valence-corrected chi connectivity index (χ0v) is 12.8. The van der Waals surface area contributed by atoms with Crippen molar-refractivity contribution in [3.8, 4) is 5.75 Å². The normalized spacial score (nSPS) is 12.8. The van der Waals surface area contributed by atoms with Crippen molar-refractivity contribution in [2.24, 2.45) is 0 Å². The molecule has 1 rings (SSSR count). The molecule has 16 heavy (non-hydrogen) atoms. The van der Waals surface area contributed by atoms with Gasteiger partial charge < -0.3 is 17.7 Å². The third-order valence-corrected chi connectivity index (χ3v) is 2.15. The van der Waals surface area contributed by atoms with Gasteiger partial charge in [0.15, 0.2) is 0 Å². The summed E-state index contributed by atoms with van der Waals surface area (Å²) in [4.78, 5) is 0. The van der Waals surface area contributed by atoms with Gasteiger partial charge in [-0.3, -0.25) is 0 Å². The Morgan fingerprint density at radius 3 is 2.44 bits per heavy atom. The molecule has 0 radical (unpaired) electrons. The Bertz CT molecular complexity index is 330. The van der Waals surface area contributed by atoms with Crippen LogP contribution in [0.1, 0.15) is 20.3 Å². The quantitative estimate of drug-likeness (QED) is 0.685. The van der Waals surface area contributed by atoms with E-state index >= 15 is 0 Å². The zero-order chi connectivity index (χ0) is 11.5. The fraction of sp³-hybridized carbons (Fsp3) is 0.400. The molecule has 0 aromatic heterocycles. The predicted octanol–water partition coefficient (Wildman–Crippen LogP) is -0.0777. The van der Waals surface area contributed by atoms with Crippen molar-refractivity contribution in [1.29, 1.82) is 0 Å². The number of hydrogen-bond donors (Lipinski definition) is 0. The number of halogens is 3. The Labute approximate surface area is 136 Å². The molecule has 0 saturated carbocycles. The summed E-state index contributed by atoms with van der Waals surface area (Å²) in [5.41, 5.74) is -0.615. The molecule has 0 N–H and O–H groups in total. The molecular weight excluding hydrogens is 243 g/mol. The summed E-state index contributed by atoms with van der Waals surface area (Å²) >= 11 is 0. The number of benzene rings is 1. The maximum absolute atomic E-state index is 12.4. The molecule has 0 fully saturated rings. The molecule has 1 aromatic rings. The summed E-state index contributed by atoms with van der Waals surface area (Å²) in [5, 5.41) is 0. The number of ether oxygens (including phenoxy) is 1. The molecular formula is C10H13BF3KO. The van der Waals surface area contributed by atoms with Crippen LogP contribution in [-0.2, 0) is 0 Å². The van der Waals surface area contributed by atoms with E-state index in [0.717, 1.165) is 18.6 Å². The van der Waals surface area contributed by atoms with Crippen LogP contribution in [0.25, 0.3) is 0 Å². The molecule has 0 aliphatic rings. The Hall–Kier alpha value is 0.511. The zero-order valence-electron chi connectivity index (χ0n) is 9.71. The molecule has 0 saturated heterocycles. The molecule has 0 heterocycles. The van der Waals surface area contributed by atoms with Gasteiger partial charge in [-0.2, -0.15) is 0 Å². The van der Waals surface area contributed by atoms with Gasteiger partial charge in [0.25, 0.3) is 0 Å². The van der Waals surface area contributed by atoms with E-state index in [1.165, 1.54) is 12.1 Å². The molecule has 6 heteroatoms.